The molecule has 226 valence electrons. The summed E-state index contributed by atoms with van der Waals surface area (Å²) in [7, 11) is 1.65. The van der Waals surface area contributed by atoms with Crippen LogP contribution in [0.3, 0.4) is 0 Å². The van der Waals surface area contributed by atoms with E-state index in [0.29, 0.717) is 51.4 Å². The van der Waals surface area contributed by atoms with Crippen LogP contribution < -0.4 is 4.74 Å². The van der Waals surface area contributed by atoms with E-state index in [2.05, 4.69) is 29.7 Å². The van der Waals surface area contributed by atoms with E-state index < -0.39 is 5.60 Å². The zero-order chi connectivity index (χ0) is 30.6. The standard InChI is InChI=1S/C35H41N3O5/c1-25-12-6-7-13-26(25)24-30-32(33(39)36-18-20-37(21-19-36)34(40)43-35(2,3)4)27-14-8-9-15-28(27)38(30)29-16-10-11-17-31(29)42-23-22-41-5/h6-17H,18-24H2,1-5H3. The lowest BCUT2D eigenvalue weighted by molar-refractivity contribution is 0.0141. The topological polar surface area (TPSA) is 73.2 Å². The number of carbonyl (C=O) groups excluding carboxylic acids is 2. The van der Waals surface area contributed by atoms with Crippen LogP contribution >= 0.6 is 0 Å². The maximum Gasteiger partial charge on any atom is 0.410 e. The molecule has 2 heterocycles. The normalized spacial score (nSPS) is 13.8. The van der Waals surface area contributed by atoms with Crippen molar-refractivity contribution in [1.29, 1.82) is 0 Å². The lowest BCUT2D eigenvalue weighted by Crippen LogP contribution is -2.51. The quantitative estimate of drug-likeness (QED) is 0.229. The van der Waals surface area contributed by atoms with Gasteiger partial charge in [0.05, 0.1) is 23.4 Å². The lowest BCUT2D eigenvalue weighted by Gasteiger charge is -2.35. The molecule has 0 bridgehead atoms. The van der Waals surface area contributed by atoms with Gasteiger partial charge < -0.3 is 28.6 Å². The summed E-state index contributed by atoms with van der Waals surface area (Å²) in [6, 6.07) is 24.3. The summed E-state index contributed by atoms with van der Waals surface area (Å²) in [6.07, 6.45) is 0.216. The summed E-state index contributed by atoms with van der Waals surface area (Å²) in [5, 5.41) is 0.886. The van der Waals surface area contributed by atoms with Gasteiger partial charge in [0, 0.05) is 50.8 Å². The second kappa shape index (κ2) is 12.9. The predicted octanol–water partition coefficient (Wildman–Crippen LogP) is 6.25. The second-order valence-electron chi connectivity index (χ2n) is 11.8. The number of fused-ring (bicyclic) bond motifs is 1. The van der Waals surface area contributed by atoms with E-state index in [0.717, 1.165) is 39.2 Å². The number of amides is 2. The first kappa shape index (κ1) is 30.2. The largest absolute Gasteiger partial charge is 0.489 e. The SMILES string of the molecule is COCCOc1ccccc1-n1c(Cc2ccccc2C)c(C(=O)N2CCN(C(=O)OC(C)(C)C)CC2)c2ccccc21. The summed E-state index contributed by atoms with van der Waals surface area (Å²) in [5.74, 6) is 0.677. The van der Waals surface area contributed by atoms with Crippen molar-refractivity contribution in [3.05, 3.63) is 95.2 Å². The minimum atomic E-state index is -0.570. The maximum atomic E-state index is 14.5. The van der Waals surface area contributed by atoms with Crippen molar-refractivity contribution >= 4 is 22.9 Å². The van der Waals surface area contributed by atoms with Gasteiger partial charge in [0.15, 0.2) is 0 Å². The van der Waals surface area contributed by atoms with Crippen LogP contribution in [0.1, 0.15) is 48.0 Å². The van der Waals surface area contributed by atoms with Gasteiger partial charge in [-0.2, -0.15) is 0 Å². The number of methoxy groups -OCH3 is 1. The van der Waals surface area contributed by atoms with Crippen LogP contribution in [0.25, 0.3) is 16.6 Å². The van der Waals surface area contributed by atoms with Crippen molar-refractivity contribution in [2.24, 2.45) is 0 Å². The Morgan fingerprint density at radius 2 is 1.47 bits per heavy atom. The smallest absolute Gasteiger partial charge is 0.410 e. The number of hydrogen-bond donors (Lipinski definition) is 0. The monoisotopic (exact) mass is 583 g/mol. The number of aryl methyl sites for hydroxylation is 1. The molecule has 8 nitrogen and oxygen atoms in total. The molecule has 3 aromatic carbocycles. The molecule has 0 saturated carbocycles. The highest BCUT2D eigenvalue weighted by Crippen LogP contribution is 2.36. The summed E-state index contributed by atoms with van der Waals surface area (Å²) in [4.78, 5) is 30.7. The first-order valence-corrected chi connectivity index (χ1v) is 14.8. The van der Waals surface area contributed by atoms with Gasteiger partial charge in [-0.15, -0.1) is 0 Å². The van der Waals surface area contributed by atoms with Gasteiger partial charge in [-0.1, -0.05) is 54.6 Å². The molecule has 0 radical (unpaired) electrons. The van der Waals surface area contributed by atoms with Gasteiger partial charge >= 0.3 is 6.09 Å². The fourth-order valence-electron chi connectivity index (χ4n) is 5.54. The Bertz CT molecular complexity index is 1590. The van der Waals surface area contributed by atoms with Crippen LogP contribution in [-0.2, 0) is 15.9 Å². The number of benzene rings is 3. The molecule has 1 aromatic heterocycles. The van der Waals surface area contributed by atoms with Crippen LogP contribution in [0.5, 0.6) is 5.75 Å². The Hall–Kier alpha value is -4.30. The molecule has 5 rings (SSSR count). The third kappa shape index (κ3) is 6.70. The first-order chi connectivity index (χ1) is 20.7. The number of rotatable bonds is 8. The van der Waals surface area contributed by atoms with E-state index in [4.69, 9.17) is 14.2 Å². The molecule has 1 fully saturated rings. The van der Waals surface area contributed by atoms with Crippen molar-refractivity contribution in [1.82, 2.24) is 14.4 Å². The highest BCUT2D eigenvalue weighted by molar-refractivity contribution is 6.09. The Morgan fingerprint density at radius 1 is 0.814 bits per heavy atom. The Morgan fingerprint density at radius 3 is 2.19 bits per heavy atom. The molecule has 0 N–H and O–H groups in total. The molecule has 1 saturated heterocycles. The molecular formula is C35H41N3O5. The minimum Gasteiger partial charge on any atom is -0.489 e. The minimum absolute atomic E-state index is 0.0415. The van der Waals surface area contributed by atoms with Crippen molar-refractivity contribution in [2.45, 2.75) is 39.7 Å². The van der Waals surface area contributed by atoms with Crippen LogP contribution in [0.15, 0.2) is 72.8 Å². The molecule has 2 amide bonds. The highest BCUT2D eigenvalue weighted by atomic mass is 16.6. The first-order valence-electron chi connectivity index (χ1n) is 14.8. The zero-order valence-corrected chi connectivity index (χ0v) is 25.8. The van der Waals surface area contributed by atoms with E-state index in [1.165, 1.54) is 0 Å². The maximum absolute atomic E-state index is 14.5. The molecular weight excluding hydrogens is 542 g/mol. The number of piperazine rings is 1. The molecule has 0 spiro atoms. The van der Waals surface area contributed by atoms with Crippen molar-refractivity contribution in [3.8, 4) is 11.4 Å². The van der Waals surface area contributed by atoms with E-state index in [9.17, 15) is 9.59 Å². The summed E-state index contributed by atoms with van der Waals surface area (Å²) < 4.78 is 19.1. The number of nitrogens with zero attached hydrogens (tertiary/aromatic N) is 3. The van der Waals surface area contributed by atoms with E-state index in [1.54, 1.807) is 12.0 Å². The second-order valence-corrected chi connectivity index (χ2v) is 11.8. The summed E-state index contributed by atoms with van der Waals surface area (Å²) in [6.45, 7) is 10.2. The highest BCUT2D eigenvalue weighted by Gasteiger charge is 2.32. The Kier molecular flexibility index (Phi) is 9.06. The van der Waals surface area contributed by atoms with E-state index in [1.807, 2.05) is 80.3 Å². The number of carbonyl (C=O) groups is 2. The average molecular weight is 584 g/mol. The molecule has 0 unspecified atom stereocenters. The number of para-hydroxylation sites is 3. The molecule has 1 aliphatic rings. The van der Waals surface area contributed by atoms with Crippen molar-refractivity contribution in [3.63, 3.8) is 0 Å². The van der Waals surface area contributed by atoms with Crippen LogP contribution in [0.4, 0.5) is 4.79 Å². The number of hydrogen-bond acceptors (Lipinski definition) is 5. The van der Waals surface area contributed by atoms with Crippen molar-refractivity contribution in [2.75, 3.05) is 46.5 Å². The third-order valence-electron chi connectivity index (χ3n) is 7.68. The fraction of sp³-hybridized carbons (Fsp3) is 0.371. The fourth-order valence-corrected chi connectivity index (χ4v) is 5.54. The average Bonchev–Trinajstić information content (AvgIpc) is 3.31. The van der Waals surface area contributed by atoms with Crippen molar-refractivity contribution < 1.29 is 23.8 Å². The van der Waals surface area contributed by atoms with Gasteiger partial charge in [-0.05, 0) is 57.0 Å². The van der Waals surface area contributed by atoms with Gasteiger partial charge in [0.2, 0.25) is 0 Å². The Balaban J connectivity index is 1.58. The van der Waals surface area contributed by atoms with Crippen LogP contribution in [0.2, 0.25) is 0 Å². The molecule has 4 aromatic rings. The molecule has 43 heavy (non-hydrogen) atoms. The number of ether oxygens (including phenoxy) is 3. The van der Waals surface area contributed by atoms with Gasteiger partial charge in [0.25, 0.3) is 5.91 Å². The summed E-state index contributed by atoms with van der Waals surface area (Å²) >= 11 is 0. The molecule has 0 aliphatic carbocycles. The van der Waals surface area contributed by atoms with E-state index >= 15 is 0 Å². The Labute approximate surface area is 253 Å². The van der Waals surface area contributed by atoms with Crippen LogP contribution in [0, 0.1) is 6.92 Å². The molecule has 8 heteroatoms. The van der Waals surface area contributed by atoms with E-state index in [-0.39, 0.29) is 12.0 Å². The van der Waals surface area contributed by atoms with Crippen LogP contribution in [-0.4, -0.2) is 78.5 Å². The number of aromatic nitrogens is 1. The molecule has 0 atom stereocenters. The van der Waals surface area contributed by atoms with Gasteiger partial charge in [0.1, 0.15) is 18.0 Å². The van der Waals surface area contributed by atoms with Gasteiger partial charge in [-0.25, -0.2) is 4.79 Å². The third-order valence-corrected chi connectivity index (χ3v) is 7.68. The summed E-state index contributed by atoms with van der Waals surface area (Å²) in [5.41, 5.74) is 5.12. The predicted molar refractivity (Wildman–Crippen MR) is 168 cm³/mol. The molecule has 1 aliphatic heterocycles. The van der Waals surface area contributed by atoms with Gasteiger partial charge in [-0.3, -0.25) is 4.79 Å². The lowest BCUT2D eigenvalue weighted by atomic mass is 10.00. The zero-order valence-electron chi connectivity index (χ0n) is 25.8.